The number of hydrogen-bond donors (Lipinski definition) is 0. The van der Waals surface area contributed by atoms with E-state index in [-0.39, 0.29) is 11.9 Å². The van der Waals surface area contributed by atoms with Gasteiger partial charge in [0.2, 0.25) is 0 Å². The Morgan fingerprint density at radius 3 is 1.41 bits per heavy atom. The van der Waals surface area contributed by atoms with Crippen LogP contribution in [0.25, 0.3) is 0 Å². The smallest absolute Gasteiger partial charge is 0.323 e. The lowest BCUT2D eigenvalue weighted by molar-refractivity contribution is -0.174. The normalized spacial score (nSPS) is 19.6. The molecule has 0 spiro atoms. The summed E-state index contributed by atoms with van der Waals surface area (Å²) >= 11 is 0. The Bertz CT molecular complexity index is 405. The predicted octanol–water partition coefficient (Wildman–Crippen LogP) is 5.82. The third kappa shape index (κ3) is 6.50. The average Bonchev–Trinajstić information content (AvgIpc) is 2.70. The highest BCUT2D eigenvalue weighted by Crippen LogP contribution is 2.40. The second kappa shape index (κ2) is 11.7. The lowest BCUT2D eigenvalue weighted by atomic mass is 9.72. The first-order valence-corrected chi connectivity index (χ1v) is 11.5. The van der Waals surface area contributed by atoms with Crippen molar-refractivity contribution in [2.45, 2.75) is 104 Å². The third-order valence-corrected chi connectivity index (χ3v) is 6.74. The molecule has 2 aliphatic rings. The molecule has 4 heteroatoms. The molecular weight excluding hydrogens is 340 g/mol. The van der Waals surface area contributed by atoms with Gasteiger partial charge in [-0.15, -0.1) is 0 Å². The predicted molar refractivity (Wildman–Crippen MR) is 107 cm³/mol. The fourth-order valence-corrected chi connectivity index (χ4v) is 5.01. The van der Waals surface area contributed by atoms with Crippen molar-refractivity contribution in [3.05, 3.63) is 0 Å². The van der Waals surface area contributed by atoms with Gasteiger partial charge in [-0.1, -0.05) is 64.2 Å². The maximum Gasteiger partial charge on any atom is 0.323 e. The van der Waals surface area contributed by atoms with Gasteiger partial charge in [-0.3, -0.25) is 9.59 Å². The van der Waals surface area contributed by atoms with Crippen LogP contribution in [0.2, 0.25) is 0 Å². The largest absolute Gasteiger partial charge is 0.465 e. The van der Waals surface area contributed by atoms with E-state index in [1.54, 1.807) is 0 Å². The number of carbonyl (C=O) groups is 2. The van der Waals surface area contributed by atoms with Crippen molar-refractivity contribution in [2.75, 3.05) is 13.2 Å². The number of carbonyl (C=O) groups excluding carboxylic acids is 2. The molecule has 2 rings (SSSR count). The number of rotatable bonds is 10. The number of ether oxygens (including phenoxy) is 2. The van der Waals surface area contributed by atoms with Crippen molar-refractivity contribution in [1.29, 1.82) is 0 Å². The summed E-state index contributed by atoms with van der Waals surface area (Å²) in [4.78, 5) is 26.0. The monoisotopic (exact) mass is 380 g/mol. The summed E-state index contributed by atoms with van der Waals surface area (Å²) in [7, 11) is 0. The molecule has 0 bridgehead atoms. The Morgan fingerprint density at radius 2 is 1.07 bits per heavy atom. The van der Waals surface area contributed by atoms with Gasteiger partial charge >= 0.3 is 11.9 Å². The Labute approximate surface area is 165 Å². The van der Waals surface area contributed by atoms with Gasteiger partial charge in [0.1, 0.15) is 0 Å². The van der Waals surface area contributed by atoms with E-state index in [1.807, 2.05) is 13.8 Å². The van der Waals surface area contributed by atoms with Gasteiger partial charge in [-0.05, 0) is 51.4 Å². The van der Waals surface area contributed by atoms with Crippen LogP contribution in [-0.4, -0.2) is 25.2 Å². The number of esters is 2. The second-order valence-electron chi connectivity index (χ2n) is 8.61. The quantitative estimate of drug-likeness (QED) is 0.354. The Hall–Kier alpha value is -1.06. The maximum absolute atomic E-state index is 13.0. The second-order valence-corrected chi connectivity index (χ2v) is 8.61. The minimum Gasteiger partial charge on any atom is -0.465 e. The molecule has 0 aromatic carbocycles. The zero-order chi connectivity index (χ0) is 19.5. The Morgan fingerprint density at radius 1 is 0.704 bits per heavy atom. The van der Waals surface area contributed by atoms with Crippen LogP contribution in [0, 0.1) is 17.3 Å². The number of hydrogen-bond acceptors (Lipinski definition) is 4. The highest BCUT2D eigenvalue weighted by Gasteiger charge is 2.48. The summed E-state index contributed by atoms with van der Waals surface area (Å²) in [5, 5.41) is 0. The molecule has 0 amide bonds. The molecule has 2 fully saturated rings. The van der Waals surface area contributed by atoms with Crippen LogP contribution in [0.1, 0.15) is 104 Å². The summed E-state index contributed by atoms with van der Waals surface area (Å²) in [5.41, 5.74) is -1.10. The van der Waals surface area contributed by atoms with E-state index in [0.717, 1.165) is 12.8 Å². The third-order valence-electron chi connectivity index (χ3n) is 6.74. The van der Waals surface area contributed by atoms with E-state index < -0.39 is 5.41 Å². The highest BCUT2D eigenvalue weighted by molar-refractivity contribution is 6.00. The van der Waals surface area contributed by atoms with Crippen LogP contribution in [-0.2, 0) is 19.1 Å². The first kappa shape index (κ1) is 22.2. The minimum absolute atomic E-state index is 0.312. The molecule has 2 saturated carbocycles. The standard InChI is InChI=1S/C23H40O4/c1-3-26-21(24)23(22(25)27-4-2,17-15-19-11-7-5-8-12-19)18-16-20-13-9-6-10-14-20/h19-20H,3-18H2,1-2H3. The molecule has 0 unspecified atom stereocenters. The van der Waals surface area contributed by atoms with E-state index in [9.17, 15) is 9.59 Å². The van der Waals surface area contributed by atoms with Gasteiger partial charge in [0, 0.05) is 0 Å². The zero-order valence-corrected chi connectivity index (χ0v) is 17.6. The fraction of sp³-hybridized carbons (Fsp3) is 0.913. The van der Waals surface area contributed by atoms with Crippen molar-refractivity contribution in [3.8, 4) is 0 Å². The van der Waals surface area contributed by atoms with E-state index in [2.05, 4.69) is 0 Å². The van der Waals surface area contributed by atoms with E-state index in [1.165, 1.54) is 64.2 Å². The molecule has 0 aliphatic heterocycles. The molecular formula is C23H40O4. The van der Waals surface area contributed by atoms with Crippen molar-refractivity contribution in [3.63, 3.8) is 0 Å². The Kier molecular flexibility index (Phi) is 9.64. The molecule has 0 radical (unpaired) electrons. The fourth-order valence-electron chi connectivity index (χ4n) is 5.01. The van der Waals surface area contributed by atoms with Crippen molar-refractivity contribution in [1.82, 2.24) is 0 Å². The molecule has 156 valence electrons. The highest BCUT2D eigenvalue weighted by atomic mass is 16.6. The van der Waals surface area contributed by atoms with Crippen molar-refractivity contribution in [2.24, 2.45) is 17.3 Å². The van der Waals surface area contributed by atoms with Gasteiger partial charge in [-0.2, -0.15) is 0 Å². The van der Waals surface area contributed by atoms with Gasteiger partial charge in [0.15, 0.2) is 5.41 Å². The molecule has 4 nitrogen and oxygen atoms in total. The summed E-state index contributed by atoms with van der Waals surface area (Å²) in [6, 6.07) is 0. The van der Waals surface area contributed by atoms with Gasteiger partial charge in [0.05, 0.1) is 13.2 Å². The van der Waals surface area contributed by atoms with Crippen LogP contribution < -0.4 is 0 Å². The van der Waals surface area contributed by atoms with Gasteiger partial charge in [-0.25, -0.2) is 0 Å². The SMILES string of the molecule is CCOC(=O)C(CCC1CCCCC1)(CCC1CCCCC1)C(=O)OCC. The van der Waals surface area contributed by atoms with Gasteiger partial charge in [0.25, 0.3) is 0 Å². The van der Waals surface area contributed by atoms with Crippen molar-refractivity contribution < 1.29 is 19.1 Å². The minimum atomic E-state index is -1.10. The van der Waals surface area contributed by atoms with E-state index in [4.69, 9.17) is 9.47 Å². The lowest BCUT2D eigenvalue weighted by Crippen LogP contribution is -2.43. The topological polar surface area (TPSA) is 52.6 Å². The van der Waals surface area contributed by atoms with Crippen LogP contribution in [0.4, 0.5) is 0 Å². The lowest BCUT2D eigenvalue weighted by Gasteiger charge is -2.33. The molecule has 2 aliphatic carbocycles. The van der Waals surface area contributed by atoms with Crippen LogP contribution in [0.15, 0.2) is 0 Å². The maximum atomic E-state index is 13.0. The van der Waals surface area contributed by atoms with Crippen LogP contribution >= 0.6 is 0 Å². The zero-order valence-electron chi connectivity index (χ0n) is 17.6. The summed E-state index contributed by atoms with van der Waals surface area (Å²) in [5.74, 6) is 0.568. The van der Waals surface area contributed by atoms with Crippen molar-refractivity contribution >= 4 is 11.9 Å². The molecule has 27 heavy (non-hydrogen) atoms. The molecule has 0 heterocycles. The molecule has 0 aromatic heterocycles. The first-order chi connectivity index (χ1) is 13.1. The van der Waals surface area contributed by atoms with E-state index in [0.29, 0.717) is 37.9 Å². The summed E-state index contributed by atoms with van der Waals surface area (Å²) < 4.78 is 10.8. The van der Waals surface area contributed by atoms with E-state index >= 15 is 0 Å². The Balaban J connectivity index is 2.11. The van der Waals surface area contributed by atoms with Crippen LogP contribution in [0.5, 0.6) is 0 Å². The molecule has 0 aromatic rings. The van der Waals surface area contributed by atoms with Gasteiger partial charge < -0.3 is 9.47 Å². The molecule has 0 atom stereocenters. The first-order valence-electron chi connectivity index (χ1n) is 11.5. The van der Waals surface area contributed by atoms with Crippen LogP contribution in [0.3, 0.4) is 0 Å². The summed E-state index contributed by atoms with van der Waals surface area (Å²) in [6.07, 6.45) is 15.7. The molecule has 0 N–H and O–H groups in total. The average molecular weight is 381 g/mol. The molecule has 0 saturated heterocycles. The summed E-state index contributed by atoms with van der Waals surface area (Å²) in [6.45, 7) is 4.26.